The zero-order valence-corrected chi connectivity index (χ0v) is 16.5. The maximum Gasteiger partial charge on any atom is 0.187 e. The summed E-state index contributed by atoms with van der Waals surface area (Å²) < 4.78 is 16.4. The normalized spacial score (nSPS) is 15.2. The third kappa shape index (κ3) is 7.15. The van der Waals surface area contributed by atoms with E-state index in [9.17, 15) is 0 Å². The van der Waals surface area contributed by atoms with Crippen molar-refractivity contribution < 1.29 is 14.2 Å². The highest BCUT2D eigenvalue weighted by molar-refractivity contribution is 7.80. The number of nitrogens with one attached hydrogen (secondary N) is 2. The summed E-state index contributed by atoms with van der Waals surface area (Å²) in [5.41, 5.74) is 3.72. The van der Waals surface area contributed by atoms with Gasteiger partial charge in [-0.25, -0.2) is 0 Å². The number of methoxy groups -OCH3 is 1. The Hall–Kier alpha value is -1.90. The van der Waals surface area contributed by atoms with Gasteiger partial charge in [-0.1, -0.05) is 0 Å². The van der Waals surface area contributed by atoms with Crippen molar-refractivity contribution in [2.45, 2.75) is 20.0 Å². The first-order chi connectivity index (χ1) is 12.6. The lowest BCUT2D eigenvalue weighted by atomic mass is 10.2. The van der Waals surface area contributed by atoms with E-state index in [2.05, 4.69) is 20.7 Å². The molecule has 144 valence electrons. The maximum atomic E-state index is 5.70. The van der Waals surface area contributed by atoms with E-state index in [1.165, 1.54) is 0 Å². The summed E-state index contributed by atoms with van der Waals surface area (Å²) in [6.45, 7) is 9.21. The van der Waals surface area contributed by atoms with E-state index in [4.69, 9.17) is 26.4 Å². The quantitative estimate of drug-likeness (QED) is 0.403. The van der Waals surface area contributed by atoms with Gasteiger partial charge in [0, 0.05) is 26.2 Å². The Kier molecular flexibility index (Phi) is 8.60. The van der Waals surface area contributed by atoms with Gasteiger partial charge in [0.2, 0.25) is 0 Å². The van der Waals surface area contributed by atoms with Crippen LogP contribution in [0.1, 0.15) is 19.4 Å². The molecule has 0 aliphatic carbocycles. The van der Waals surface area contributed by atoms with Gasteiger partial charge in [-0.2, -0.15) is 5.10 Å². The number of rotatable bonds is 8. The van der Waals surface area contributed by atoms with Crippen molar-refractivity contribution in [3.63, 3.8) is 0 Å². The number of morpholine rings is 1. The molecule has 0 aromatic heterocycles. The van der Waals surface area contributed by atoms with Crippen molar-refractivity contribution in [1.82, 2.24) is 15.6 Å². The van der Waals surface area contributed by atoms with Gasteiger partial charge < -0.3 is 19.5 Å². The lowest BCUT2D eigenvalue weighted by molar-refractivity contribution is 0.0389. The van der Waals surface area contributed by atoms with Gasteiger partial charge in [0.1, 0.15) is 0 Å². The van der Waals surface area contributed by atoms with Crippen LogP contribution < -0.4 is 20.2 Å². The van der Waals surface area contributed by atoms with Gasteiger partial charge in [-0.05, 0) is 49.8 Å². The topological polar surface area (TPSA) is 67.4 Å². The number of hydrazone groups is 1. The minimum atomic E-state index is 0.0889. The summed E-state index contributed by atoms with van der Waals surface area (Å²) in [5.74, 6) is 1.39. The minimum absolute atomic E-state index is 0.0889. The van der Waals surface area contributed by atoms with Gasteiger partial charge in [-0.3, -0.25) is 10.3 Å². The molecule has 2 N–H and O–H groups in total. The Bertz CT molecular complexity index is 604. The van der Waals surface area contributed by atoms with Crippen molar-refractivity contribution in [3.05, 3.63) is 23.8 Å². The van der Waals surface area contributed by atoms with E-state index in [0.717, 1.165) is 45.0 Å². The lowest BCUT2D eigenvalue weighted by Crippen LogP contribution is -2.42. The first-order valence-corrected chi connectivity index (χ1v) is 9.21. The Morgan fingerprint density at radius 3 is 2.81 bits per heavy atom. The average molecular weight is 381 g/mol. The summed E-state index contributed by atoms with van der Waals surface area (Å²) in [5, 5.41) is 7.81. The predicted octanol–water partition coefficient (Wildman–Crippen LogP) is 1.61. The fourth-order valence-electron chi connectivity index (χ4n) is 2.47. The van der Waals surface area contributed by atoms with Crippen LogP contribution in [-0.2, 0) is 4.74 Å². The van der Waals surface area contributed by atoms with Crippen molar-refractivity contribution >= 4 is 23.5 Å². The molecular weight excluding hydrogens is 352 g/mol. The third-order valence-corrected chi connectivity index (χ3v) is 3.98. The van der Waals surface area contributed by atoms with E-state index >= 15 is 0 Å². The monoisotopic (exact) mass is 380 g/mol. The molecule has 26 heavy (non-hydrogen) atoms. The molecule has 0 amide bonds. The van der Waals surface area contributed by atoms with Crippen LogP contribution in [0.3, 0.4) is 0 Å². The van der Waals surface area contributed by atoms with Crippen molar-refractivity contribution in [2.75, 3.05) is 46.5 Å². The van der Waals surface area contributed by atoms with Gasteiger partial charge in [0.25, 0.3) is 0 Å². The molecule has 1 aromatic rings. The molecular formula is C18H28N4O3S. The molecule has 0 saturated carbocycles. The highest BCUT2D eigenvalue weighted by atomic mass is 32.1. The molecule has 2 rings (SSSR count). The number of hydrogen-bond donors (Lipinski definition) is 2. The largest absolute Gasteiger partial charge is 0.493 e. The van der Waals surface area contributed by atoms with E-state index in [1.54, 1.807) is 13.3 Å². The average Bonchev–Trinajstić information content (AvgIpc) is 2.63. The fourth-order valence-corrected chi connectivity index (χ4v) is 2.63. The third-order valence-electron chi connectivity index (χ3n) is 3.75. The number of benzene rings is 1. The standard InChI is InChI=1S/C18H28N4O3S/c1-14(2)25-16-5-4-15(12-17(16)23-3)13-20-21-18(26)19-6-7-22-8-10-24-11-9-22/h4-5,12-14H,6-11H2,1-3H3,(H2,19,21,26)/b20-13+. The number of hydrogen-bond acceptors (Lipinski definition) is 6. The summed E-state index contributed by atoms with van der Waals surface area (Å²) in [7, 11) is 1.62. The first-order valence-electron chi connectivity index (χ1n) is 8.80. The second kappa shape index (κ2) is 10.9. The van der Waals surface area contributed by atoms with Crippen LogP contribution in [-0.4, -0.2) is 68.8 Å². The van der Waals surface area contributed by atoms with Crippen LogP contribution in [0.25, 0.3) is 0 Å². The predicted molar refractivity (Wildman–Crippen MR) is 107 cm³/mol. The first kappa shape index (κ1) is 20.4. The highest BCUT2D eigenvalue weighted by Gasteiger charge is 2.09. The van der Waals surface area contributed by atoms with E-state index in [1.807, 2.05) is 32.0 Å². The fraction of sp³-hybridized carbons (Fsp3) is 0.556. The summed E-state index contributed by atoms with van der Waals surface area (Å²) in [6, 6.07) is 5.66. The van der Waals surface area contributed by atoms with Crippen LogP contribution >= 0.6 is 12.2 Å². The number of thiocarbonyl (C=S) groups is 1. The van der Waals surface area contributed by atoms with Gasteiger partial charge in [0.05, 0.1) is 32.6 Å². The summed E-state index contributed by atoms with van der Waals surface area (Å²) in [6.07, 6.45) is 1.78. The van der Waals surface area contributed by atoms with Gasteiger partial charge in [0.15, 0.2) is 16.6 Å². The molecule has 1 aromatic carbocycles. The Morgan fingerprint density at radius 1 is 1.35 bits per heavy atom. The van der Waals surface area contributed by atoms with E-state index in [-0.39, 0.29) is 6.10 Å². The molecule has 0 atom stereocenters. The van der Waals surface area contributed by atoms with Crippen LogP contribution in [0.4, 0.5) is 0 Å². The van der Waals surface area contributed by atoms with Crippen LogP contribution in [0.2, 0.25) is 0 Å². The lowest BCUT2D eigenvalue weighted by Gasteiger charge is -2.26. The number of ether oxygens (including phenoxy) is 3. The Morgan fingerprint density at radius 2 is 2.12 bits per heavy atom. The summed E-state index contributed by atoms with van der Waals surface area (Å²) in [4.78, 5) is 2.34. The minimum Gasteiger partial charge on any atom is -0.493 e. The molecule has 1 fully saturated rings. The smallest absolute Gasteiger partial charge is 0.187 e. The van der Waals surface area contributed by atoms with Crippen molar-refractivity contribution in [3.8, 4) is 11.5 Å². The zero-order valence-electron chi connectivity index (χ0n) is 15.7. The van der Waals surface area contributed by atoms with Crippen molar-refractivity contribution in [1.29, 1.82) is 0 Å². The van der Waals surface area contributed by atoms with Crippen LogP contribution in [0.15, 0.2) is 23.3 Å². The van der Waals surface area contributed by atoms with E-state index in [0.29, 0.717) is 16.6 Å². The molecule has 1 aliphatic heterocycles. The SMILES string of the molecule is COc1cc(/C=N/NC(=S)NCCN2CCOCC2)ccc1OC(C)C. The molecule has 1 saturated heterocycles. The molecule has 0 bridgehead atoms. The maximum absolute atomic E-state index is 5.70. The van der Waals surface area contributed by atoms with Gasteiger partial charge in [-0.15, -0.1) is 0 Å². The zero-order chi connectivity index (χ0) is 18.8. The number of nitrogens with zero attached hydrogens (tertiary/aromatic N) is 2. The molecule has 0 radical (unpaired) electrons. The second-order valence-corrected chi connectivity index (χ2v) is 6.57. The van der Waals surface area contributed by atoms with Crippen molar-refractivity contribution in [2.24, 2.45) is 5.10 Å². The molecule has 1 aliphatic rings. The molecule has 0 spiro atoms. The Labute approximate surface area is 160 Å². The summed E-state index contributed by atoms with van der Waals surface area (Å²) >= 11 is 5.23. The van der Waals surface area contributed by atoms with Crippen LogP contribution in [0, 0.1) is 0 Å². The molecule has 1 heterocycles. The van der Waals surface area contributed by atoms with E-state index < -0.39 is 0 Å². The molecule has 0 unspecified atom stereocenters. The second-order valence-electron chi connectivity index (χ2n) is 6.16. The highest BCUT2D eigenvalue weighted by Crippen LogP contribution is 2.28. The van der Waals surface area contributed by atoms with Crippen LogP contribution in [0.5, 0.6) is 11.5 Å². The molecule has 7 nitrogen and oxygen atoms in total. The molecule has 8 heteroatoms. The Balaban J connectivity index is 1.75. The van der Waals surface area contributed by atoms with Gasteiger partial charge >= 0.3 is 0 Å².